The molecule has 2 aromatic rings. The molecule has 6 heteroatoms. The van der Waals surface area contributed by atoms with Crippen molar-refractivity contribution in [2.45, 2.75) is 6.18 Å². The van der Waals surface area contributed by atoms with Crippen LogP contribution in [0.3, 0.4) is 0 Å². The molecule has 0 amide bonds. The highest BCUT2D eigenvalue weighted by Gasteiger charge is 2.34. The van der Waals surface area contributed by atoms with Crippen molar-refractivity contribution in [1.29, 1.82) is 0 Å². The van der Waals surface area contributed by atoms with E-state index in [9.17, 15) is 17.6 Å². The van der Waals surface area contributed by atoms with Gasteiger partial charge < -0.3 is 5.73 Å². The second-order valence-electron chi connectivity index (χ2n) is 3.92. The highest BCUT2D eigenvalue weighted by molar-refractivity contribution is 6.31. The molecule has 2 aromatic carbocycles. The van der Waals surface area contributed by atoms with Crippen LogP contribution in [0.2, 0.25) is 5.02 Å². The molecule has 1 nitrogen and oxygen atoms in total. The lowest BCUT2D eigenvalue weighted by atomic mass is 10.0. The van der Waals surface area contributed by atoms with Crippen molar-refractivity contribution >= 4 is 17.3 Å². The summed E-state index contributed by atoms with van der Waals surface area (Å²) in [5.41, 5.74) is 5.12. The molecule has 0 aliphatic heterocycles. The SMILES string of the molecule is Nc1ccc(Cl)cc1-c1ccc(F)c(C(F)(F)F)c1. The van der Waals surface area contributed by atoms with Gasteiger partial charge in [-0.1, -0.05) is 17.7 Å². The molecule has 0 bridgehead atoms. The molecule has 100 valence electrons. The molecule has 0 aliphatic rings. The van der Waals surface area contributed by atoms with Gasteiger partial charge in [0.15, 0.2) is 0 Å². The first-order valence-corrected chi connectivity index (χ1v) is 5.59. The standard InChI is InChI=1S/C13H8ClF4N/c14-8-2-4-12(19)9(6-8)7-1-3-11(15)10(5-7)13(16,17)18/h1-6H,19H2. The summed E-state index contributed by atoms with van der Waals surface area (Å²) < 4.78 is 51.1. The Kier molecular flexibility index (Phi) is 3.41. The van der Waals surface area contributed by atoms with Gasteiger partial charge in [-0.25, -0.2) is 4.39 Å². The Morgan fingerprint density at radius 3 is 2.32 bits per heavy atom. The molecule has 0 heterocycles. The lowest BCUT2D eigenvalue weighted by Gasteiger charge is -2.11. The number of nitrogen functional groups attached to an aromatic ring is 1. The monoisotopic (exact) mass is 289 g/mol. The van der Waals surface area contributed by atoms with Crippen molar-refractivity contribution < 1.29 is 17.6 Å². The molecular weight excluding hydrogens is 282 g/mol. The van der Waals surface area contributed by atoms with Gasteiger partial charge in [0, 0.05) is 16.3 Å². The molecule has 2 N–H and O–H groups in total. The van der Waals surface area contributed by atoms with E-state index in [0.29, 0.717) is 10.6 Å². The molecule has 0 aliphatic carbocycles. The van der Waals surface area contributed by atoms with Crippen molar-refractivity contribution in [2.75, 3.05) is 5.73 Å². The summed E-state index contributed by atoms with van der Waals surface area (Å²) >= 11 is 5.78. The fourth-order valence-corrected chi connectivity index (χ4v) is 1.86. The zero-order chi connectivity index (χ0) is 14.2. The third-order valence-electron chi connectivity index (χ3n) is 2.60. The quantitative estimate of drug-likeness (QED) is 0.595. The smallest absolute Gasteiger partial charge is 0.398 e. The van der Waals surface area contributed by atoms with Crippen molar-refractivity contribution in [3.8, 4) is 11.1 Å². The Hall–Kier alpha value is -1.75. The zero-order valence-electron chi connectivity index (χ0n) is 9.43. The van der Waals surface area contributed by atoms with E-state index in [0.717, 1.165) is 12.1 Å². The molecule has 0 unspecified atom stereocenters. The van der Waals surface area contributed by atoms with Gasteiger partial charge >= 0.3 is 6.18 Å². The Morgan fingerprint density at radius 1 is 1.00 bits per heavy atom. The van der Waals surface area contributed by atoms with E-state index in [1.807, 2.05) is 0 Å². The first kappa shape index (κ1) is 13.7. The van der Waals surface area contributed by atoms with Gasteiger partial charge in [0.05, 0.1) is 5.56 Å². The summed E-state index contributed by atoms with van der Waals surface area (Å²) in [6.07, 6.45) is -4.76. The van der Waals surface area contributed by atoms with Crippen LogP contribution in [-0.2, 0) is 6.18 Å². The molecule has 0 fully saturated rings. The number of alkyl halides is 3. The Bertz CT molecular complexity index is 623. The van der Waals surface area contributed by atoms with Crippen LogP contribution in [0.15, 0.2) is 36.4 Å². The number of rotatable bonds is 1. The molecule has 19 heavy (non-hydrogen) atoms. The van der Waals surface area contributed by atoms with Crippen LogP contribution in [-0.4, -0.2) is 0 Å². The van der Waals surface area contributed by atoms with E-state index in [4.69, 9.17) is 17.3 Å². The van der Waals surface area contributed by atoms with Crippen molar-refractivity contribution in [3.05, 3.63) is 52.8 Å². The highest BCUT2D eigenvalue weighted by Crippen LogP contribution is 2.36. The maximum absolute atomic E-state index is 13.2. The van der Waals surface area contributed by atoms with E-state index in [2.05, 4.69) is 0 Å². The Morgan fingerprint density at radius 2 is 1.68 bits per heavy atom. The molecule has 0 radical (unpaired) electrons. The van der Waals surface area contributed by atoms with E-state index in [-0.39, 0.29) is 11.3 Å². The Balaban J connectivity index is 2.61. The largest absolute Gasteiger partial charge is 0.419 e. The highest BCUT2D eigenvalue weighted by atomic mass is 35.5. The minimum absolute atomic E-state index is 0.161. The topological polar surface area (TPSA) is 26.0 Å². The minimum atomic E-state index is -4.76. The third kappa shape index (κ3) is 2.81. The predicted molar refractivity (Wildman–Crippen MR) is 66.3 cm³/mol. The number of hydrogen-bond acceptors (Lipinski definition) is 1. The second-order valence-corrected chi connectivity index (χ2v) is 4.36. The van der Waals surface area contributed by atoms with Crippen LogP contribution in [0, 0.1) is 5.82 Å². The fraction of sp³-hybridized carbons (Fsp3) is 0.0769. The first-order valence-electron chi connectivity index (χ1n) is 5.21. The molecule has 0 spiro atoms. The lowest BCUT2D eigenvalue weighted by molar-refractivity contribution is -0.139. The predicted octanol–water partition coefficient (Wildman–Crippen LogP) is 4.75. The van der Waals surface area contributed by atoms with Crippen LogP contribution >= 0.6 is 11.6 Å². The molecular formula is C13H8ClF4N. The summed E-state index contributed by atoms with van der Waals surface area (Å²) in [4.78, 5) is 0. The summed E-state index contributed by atoms with van der Waals surface area (Å²) in [6, 6.07) is 7.15. The lowest BCUT2D eigenvalue weighted by Crippen LogP contribution is -2.08. The Labute approximate surface area is 111 Å². The van der Waals surface area contributed by atoms with Crippen LogP contribution in [0.4, 0.5) is 23.2 Å². The minimum Gasteiger partial charge on any atom is -0.398 e. The number of benzene rings is 2. The van der Waals surface area contributed by atoms with Crippen molar-refractivity contribution in [3.63, 3.8) is 0 Å². The number of hydrogen-bond donors (Lipinski definition) is 1. The van der Waals surface area contributed by atoms with Crippen molar-refractivity contribution in [1.82, 2.24) is 0 Å². The molecule has 0 saturated heterocycles. The molecule has 0 saturated carbocycles. The maximum Gasteiger partial charge on any atom is 0.419 e. The average molecular weight is 290 g/mol. The van der Waals surface area contributed by atoms with Crippen molar-refractivity contribution in [2.24, 2.45) is 0 Å². The summed E-state index contributed by atoms with van der Waals surface area (Å²) in [6.45, 7) is 0. The first-order chi connectivity index (χ1) is 8.79. The number of halogens is 5. The van der Waals surface area contributed by atoms with Gasteiger partial charge in [0.25, 0.3) is 0 Å². The van der Waals surface area contributed by atoms with Gasteiger partial charge in [-0.15, -0.1) is 0 Å². The molecule has 0 aromatic heterocycles. The molecule has 2 rings (SSSR count). The van der Waals surface area contributed by atoms with E-state index in [1.54, 1.807) is 0 Å². The average Bonchev–Trinajstić information content (AvgIpc) is 2.31. The van der Waals surface area contributed by atoms with E-state index < -0.39 is 17.6 Å². The van der Waals surface area contributed by atoms with E-state index in [1.165, 1.54) is 24.3 Å². The normalized spacial score (nSPS) is 11.6. The number of nitrogens with two attached hydrogens (primary N) is 1. The van der Waals surface area contributed by atoms with Crippen LogP contribution < -0.4 is 5.73 Å². The summed E-state index contributed by atoms with van der Waals surface area (Å²) in [7, 11) is 0. The zero-order valence-corrected chi connectivity index (χ0v) is 10.2. The van der Waals surface area contributed by atoms with Crippen LogP contribution in [0.25, 0.3) is 11.1 Å². The third-order valence-corrected chi connectivity index (χ3v) is 2.83. The van der Waals surface area contributed by atoms with Gasteiger partial charge in [0.2, 0.25) is 0 Å². The van der Waals surface area contributed by atoms with Crippen LogP contribution in [0.1, 0.15) is 5.56 Å². The fourth-order valence-electron chi connectivity index (χ4n) is 1.69. The molecule has 0 atom stereocenters. The van der Waals surface area contributed by atoms with Gasteiger partial charge in [-0.05, 0) is 35.9 Å². The summed E-state index contributed by atoms with van der Waals surface area (Å²) in [5, 5.41) is 0.335. The second kappa shape index (κ2) is 4.74. The summed E-state index contributed by atoms with van der Waals surface area (Å²) in [5.74, 6) is -1.32. The van der Waals surface area contributed by atoms with Gasteiger partial charge in [-0.2, -0.15) is 13.2 Å². The van der Waals surface area contributed by atoms with Crippen LogP contribution in [0.5, 0.6) is 0 Å². The van der Waals surface area contributed by atoms with Gasteiger partial charge in [0.1, 0.15) is 5.82 Å². The van der Waals surface area contributed by atoms with Gasteiger partial charge in [-0.3, -0.25) is 0 Å². The number of anilines is 1. The maximum atomic E-state index is 13.2. The van der Waals surface area contributed by atoms with E-state index >= 15 is 0 Å².